The Morgan fingerprint density at radius 3 is 2.75 bits per heavy atom. The summed E-state index contributed by atoms with van der Waals surface area (Å²) in [7, 11) is 0. The van der Waals surface area contributed by atoms with Crippen LogP contribution in [0.4, 0.5) is 11.6 Å². The van der Waals surface area contributed by atoms with Gasteiger partial charge in [0.2, 0.25) is 0 Å². The van der Waals surface area contributed by atoms with Crippen LogP contribution in [0.5, 0.6) is 0 Å². The third-order valence-electron chi connectivity index (χ3n) is 4.04. The number of aromatic nitrogens is 2. The SMILES string of the molecule is CCc1c(NN)ncnc1NCC1CCN(C(C)C)C1. The van der Waals surface area contributed by atoms with Crippen molar-refractivity contribution in [1.82, 2.24) is 14.9 Å². The number of hydrogen-bond donors (Lipinski definition) is 3. The molecule has 0 spiro atoms. The molecule has 1 aromatic heterocycles. The molecule has 6 heteroatoms. The molecule has 0 aliphatic carbocycles. The molecule has 1 fully saturated rings. The molecule has 0 aromatic carbocycles. The highest BCUT2D eigenvalue weighted by Crippen LogP contribution is 2.22. The van der Waals surface area contributed by atoms with Crippen LogP contribution in [-0.4, -0.2) is 40.5 Å². The van der Waals surface area contributed by atoms with E-state index in [2.05, 4.69) is 46.4 Å². The number of hydrazine groups is 1. The van der Waals surface area contributed by atoms with Crippen LogP contribution in [0, 0.1) is 5.92 Å². The van der Waals surface area contributed by atoms with Gasteiger partial charge in [0.05, 0.1) is 0 Å². The zero-order valence-corrected chi connectivity index (χ0v) is 12.7. The lowest BCUT2D eigenvalue weighted by atomic mass is 10.1. The minimum absolute atomic E-state index is 0.637. The number of nitrogen functional groups attached to an aromatic ring is 1. The number of anilines is 2. The maximum atomic E-state index is 5.49. The van der Waals surface area contributed by atoms with E-state index >= 15 is 0 Å². The van der Waals surface area contributed by atoms with Gasteiger partial charge in [-0.15, -0.1) is 0 Å². The molecule has 0 saturated carbocycles. The molecular formula is C14H26N6. The van der Waals surface area contributed by atoms with Crippen molar-refractivity contribution in [3.8, 4) is 0 Å². The van der Waals surface area contributed by atoms with Crippen molar-refractivity contribution >= 4 is 11.6 Å². The number of nitrogens with two attached hydrogens (primary N) is 1. The molecule has 6 nitrogen and oxygen atoms in total. The van der Waals surface area contributed by atoms with Gasteiger partial charge in [-0.25, -0.2) is 15.8 Å². The van der Waals surface area contributed by atoms with E-state index in [9.17, 15) is 0 Å². The smallest absolute Gasteiger partial charge is 0.148 e. The van der Waals surface area contributed by atoms with E-state index in [0.29, 0.717) is 17.8 Å². The first-order chi connectivity index (χ1) is 9.65. The van der Waals surface area contributed by atoms with Gasteiger partial charge in [0.1, 0.15) is 18.0 Å². The maximum absolute atomic E-state index is 5.49. The summed E-state index contributed by atoms with van der Waals surface area (Å²) in [5.41, 5.74) is 3.69. The van der Waals surface area contributed by atoms with Gasteiger partial charge < -0.3 is 15.6 Å². The summed E-state index contributed by atoms with van der Waals surface area (Å²) in [6.07, 6.45) is 3.65. The molecule has 2 rings (SSSR count). The van der Waals surface area contributed by atoms with E-state index in [1.165, 1.54) is 19.5 Å². The van der Waals surface area contributed by atoms with Crippen LogP contribution in [-0.2, 0) is 6.42 Å². The van der Waals surface area contributed by atoms with Crippen molar-refractivity contribution in [3.05, 3.63) is 11.9 Å². The van der Waals surface area contributed by atoms with E-state index in [4.69, 9.17) is 5.84 Å². The zero-order valence-electron chi connectivity index (χ0n) is 12.7. The number of rotatable bonds is 6. The zero-order chi connectivity index (χ0) is 14.5. The molecule has 0 radical (unpaired) electrons. The first-order valence-electron chi connectivity index (χ1n) is 7.44. The number of hydrogen-bond acceptors (Lipinski definition) is 6. The highest BCUT2D eigenvalue weighted by molar-refractivity contribution is 5.56. The van der Waals surface area contributed by atoms with Crippen molar-refractivity contribution in [3.63, 3.8) is 0 Å². The fraction of sp³-hybridized carbons (Fsp3) is 0.714. The summed E-state index contributed by atoms with van der Waals surface area (Å²) in [6.45, 7) is 9.92. The van der Waals surface area contributed by atoms with E-state index in [0.717, 1.165) is 24.3 Å². The summed E-state index contributed by atoms with van der Waals surface area (Å²) in [5.74, 6) is 7.79. The van der Waals surface area contributed by atoms with Crippen molar-refractivity contribution in [2.75, 3.05) is 30.4 Å². The van der Waals surface area contributed by atoms with E-state index < -0.39 is 0 Å². The number of nitrogens with zero attached hydrogens (tertiary/aromatic N) is 3. The van der Waals surface area contributed by atoms with Crippen LogP contribution < -0.4 is 16.6 Å². The highest BCUT2D eigenvalue weighted by Gasteiger charge is 2.24. The Hall–Kier alpha value is -1.40. The summed E-state index contributed by atoms with van der Waals surface area (Å²) < 4.78 is 0. The minimum atomic E-state index is 0.637. The normalized spacial score (nSPS) is 19.6. The third-order valence-corrected chi connectivity index (χ3v) is 4.04. The Kier molecular flexibility index (Phi) is 5.14. The number of likely N-dealkylation sites (tertiary alicyclic amines) is 1. The van der Waals surface area contributed by atoms with Crippen molar-refractivity contribution in [1.29, 1.82) is 0 Å². The molecule has 0 bridgehead atoms. The quantitative estimate of drug-likeness (QED) is 0.540. The Bertz CT molecular complexity index is 434. The molecule has 4 N–H and O–H groups in total. The van der Waals surface area contributed by atoms with Crippen LogP contribution in [0.3, 0.4) is 0 Å². The van der Waals surface area contributed by atoms with Gasteiger partial charge in [-0.2, -0.15) is 0 Å². The van der Waals surface area contributed by atoms with Crippen LogP contribution in [0.2, 0.25) is 0 Å². The molecular weight excluding hydrogens is 252 g/mol. The Morgan fingerprint density at radius 2 is 2.15 bits per heavy atom. The van der Waals surface area contributed by atoms with Gasteiger partial charge >= 0.3 is 0 Å². The molecule has 1 aliphatic rings. The second kappa shape index (κ2) is 6.85. The lowest BCUT2D eigenvalue weighted by Crippen LogP contribution is -2.29. The topological polar surface area (TPSA) is 79.1 Å². The maximum Gasteiger partial charge on any atom is 0.148 e. The molecule has 20 heavy (non-hydrogen) atoms. The summed E-state index contributed by atoms with van der Waals surface area (Å²) >= 11 is 0. The summed E-state index contributed by atoms with van der Waals surface area (Å²) in [6, 6.07) is 0.637. The second-order valence-corrected chi connectivity index (χ2v) is 5.67. The molecule has 112 valence electrons. The highest BCUT2D eigenvalue weighted by atomic mass is 15.3. The number of nitrogens with one attached hydrogen (secondary N) is 2. The summed E-state index contributed by atoms with van der Waals surface area (Å²) in [4.78, 5) is 11.0. The predicted molar refractivity (Wildman–Crippen MR) is 82.5 cm³/mol. The van der Waals surface area contributed by atoms with Crippen LogP contribution >= 0.6 is 0 Å². The first kappa shape index (κ1) is 15.0. The molecule has 2 heterocycles. The molecule has 1 aliphatic heterocycles. The Balaban J connectivity index is 1.95. The fourth-order valence-electron chi connectivity index (χ4n) is 2.76. The average Bonchev–Trinajstić information content (AvgIpc) is 2.93. The Labute approximate surface area is 121 Å². The summed E-state index contributed by atoms with van der Waals surface area (Å²) in [5, 5.41) is 3.47. The average molecular weight is 278 g/mol. The van der Waals surface area contributed by atoms with Gasteiger partial charge in [0.25, 0.3) is 0 Å². The van der Waals surface area contributed by atoms with Crippen molar-refractivity contribution in [2.24, 2.45) is 11.8 Å². The van der Waals surface area contributed by atoms with Crippen molar-refractivity contribution in [2.45, 2.75) is 39.7 Å². The standard InChI is InChI=1S/C14H26N6/c1-4-12-13(17-9-18-14(12)19-15)16-7-11-5-6-20(8-11)10(2)3/h9-11H,4-8,15H2,1-3H3,(H2,16,17,18,19). The first-order valence-corrected chi connectivity index (χ1v) is 7.44. The molecule has 1 aromatic rings. The molecule has 0 amide bonds. The van der Waals surface area contributed by atoms with Crippen molar-refractivity contribution < 1.29 is 0 Å². The molecule has 1 unspecified atom stereocenters. The largest absolute Gasteiger partial charge is 0.369 e. The van der Waals surface area contributed by atoms with E-state index in [-0.39, 0.29) is 0 Å². The fourth-order valence-corrected chi connectivity index (χ4v) is 2.76. The van der Waals surface area contributed by atoms with Crippen LogP contribution in [0.25, 0.3) is 0 Å². The van der Waals surface area contributed by atoms with Gasteiger partial charge in [-0.3, -0.25) is 0 Å². The monoisotopic (exact) mass is 278 g/mol. The van der Waals surface area contributed by atoms with Crippen LogP contribution in [0.15, 0.2) is 6.33 Å². The molecule has 1 saturated heterocycles. The van der Waals surface area contributed by atoms with Gasteiger partial charge in [-0.1, -0.05) is 6.92 Å². The lowest BCUT2D eigenvalue weighted by Gasteiger charge is -2.20. The van der Waals surface area contributed by atoms with Gasteiger partial charge in [-0.05, 0) is 39.2 Å². The second-order valence-electron chi connectivity index (χ2n) is 5.67. The molecule has 1 atom stereocenters. The van der Waals surface area contributed by atoms with E-state index in [1.54, 1.807) is 6.33 Å². The van der Waals surface area contributed by atoms with E-state index in [1.807, 2.05) is 0 Å². The minimum Gasteiger partial charge on any atom is -0.369 e. The predicted octanol–water partition coefficient (Wildman–Crippen LogP) is 1.47. The van der Waals surface area contributed by atoms with Gasteiger partial charge in [0, 0.05) is 24.7 Å². The van der Waals surface area contributed by atoms with Crippen LogP contribution in [0.1, 0.15) is 32.8 Å². The third kappa shape index (κ3) is 3.37. The van der Waals surface area contributed by atoms with Gasteiger partial charge in [0.15, 0.2) is 0 Å². The Morgan fingerprint density at radius 1 is 1.40 bits per heavy atom. The lowest BCUT2D eigenvalue weighted by molar-refractivity contribution is 0.266.